The Hall–Kier alpha value is -1.56. The summed E-state index contributed by atoms with van der Waals surface area (Å²) >= 11 is 5.62. The molecule has 1 aromatic rings. The Bertz CT molecular complexity index is 486. The number of carbonyl (C=O) groups is 1. The van der Waals surface area contributed by atoms with Gasteiger partial charge in [0.15, 0.2) is 5.15 Å². The van der Waals surface area contributed by atoms with Crippen molar-refractivity contribution >= 4 is 23.2 Å². The Morgan fingerprint density at radius 1 is 1.67 bits per heavy atom. The smallest absolute Gasteiger partial charge is 0.278 e. The van der Waals surface area contributed by atoms with E-state index >= 15 is 0 Å². The molecule has 0 aliphatic carbocycles. The second-order valence-corrected chi connectivity index (χ2v) is 4.34. The molecule has 0 aliphatic rings. The van der Waals surface area contributed by atoms with E-state index in [1.54, 1.807) is 6.92 Å². The number of halogens is 1. The maximum Gasteiger partial charge on any atom is 0.278 e. The van der Waals surface area contributed by atoms with Crippen molar-refractivity contribution < 1.29 is 4.79 Å². The molecule has 0 saturated heterocycles. The SMILES string of the molecule is CCCCNC(=O)C(C)n1cnc(Cl)c(N)c1=O. The van der Waals surface area contributed by atoms with Gasteiger partial charge in [0.1, 0.15) is 18.1 Å². The van der Waals surface area contributed by atoms with Gasteiger partial charge in [-0.3, -0.25) is 14.2 Å². The van der Waals surface area contributed by atoms with Crippen molar-refractivity contribution in [3.8, 4) is 0 Å². The van der Waals surface area contributed by atoms with Crippen molar-refractivity contribution in [1.29, 1.82) is 0 Å². The third-order valence-corrected chi connectivity index (χ3v) is 2.91. The quantitative estimate of drug-likeness (QED) is 0.617. The summed E-state index contributed by atoms with van der Waals surface area (Å²) in [4.78, 5) is 27.4. The van der Waals surface area contributed by atoms with Crippen molar-refractivity contribution in [2.24, 2.45) is 0 Å². The molecule has 0 aromatic carbocycles. The van der Waals surface area contributed by atoms with Crippen LogP contribution in [0.3, 0.4) is 0 Å². The van der Waals surface area contributed by atoms with Crippen molar-refractivity contribution in [1.82, 2.24) is 14.9 Å². The van der Waals surface area contributed by atoms with Crippen molar-refractivity contribution in [2.45, 2.75) is 32.7 Å². The number of unbranched alkanes of at least 4 members (excludes halogenated alkanes) is 1. The molecule has 18 heavy (non-hydrogen) atoms. The highest BCUT2D eigenvalue weighted by atomic mass is 35.5. The van der Waals surface area contributed by atoms with Crippen LogP contribution in [-0.2, 0) is 4.79 Å². The lowest BCUT2D eigenvalue weighted by Crippen LogP contribution is -2.37. The van der Waals surface area contributed by atoms with Crippen LogP contribution in [0.2, 0.25) is 5.15 Å². The molecule has 0 bridgehead atoms. The van der Waals surface area contributed by atoms with Gasteiger partial charge >= 0.3 is 0 Å². The number of carbonyl (C=O) groups excluding carboxylic acids is 1. The summed E-state index contributed by atoms with van der Waals surface area (Å²) in [6.45, 7) is 4.23. The molecule has 6 nitrogen and oxygen atoms in total. The lowest BCUT2D eigenvalue weighted by atomic mass is 10.3. The minimum Gasteiger partial charge on any atom is -0.392 e. The van der Waals surface area contributed by atoms with Gasteiger partial charge in [0.05, 0.1) is 0 Å². The van der Waals surface area contributed by atoms with Crippen LogP contribution < -0.4 is 16.6 Å². The van der Waals surface area contributed by atoms with Crippen LogP contribution >= 0.6 is 11.6 Å². The first kappa shape index (κ1) is 14.5. The highest BCUT2D eigenvalue weighted by Gasteiger charge is 2.17. The van der Waals surface area contributed by atoms with Gasteiger partial charge in [-0.15, -0.1) is 0 Å². The topological polar surface area (TPSA) is 90.0 Å². The number of amides is 1. The molecular weight excluding hydrogens is 256 g/mol. The largest absolute Gasteiger partial charge is 0.392 e. The van der Waals surface area contributed by atoms with Crippen LogP contribution in [0.15, 0.2) is 11.1 Å². The van der Waals surface area contributed by atoms with E-state index in [-0.39, 0.29) is 16.7 Å². The van der Waals surface area contributed by atoms with Crippen molar-refractivity contribution in [3.63, 3.8) is 0 Å². The van der Waals surface area contributed by atoms with E-state index < -0.39 is 11.6 Å². The van der Waals surface area contributed by atoms with Gasteiger partial charge in [0.25, 0.3) is 5.56 Å². The van der Waals surface area contributed by atoms with Crippen LogP contribution in [0.5, 0.6) is 0 Å². The molecular formula is C11H17ClN4O2. The van der Waals surface area contributed by atoms with E-state index in [0.717, 1.165) is 12.8 Å². The lowest BCUT2D eigenvalue weighted by Gasteiger charge is -2.15. The van der Waals surface area contributed by atoms with Gasteiger partial charge in [-0.25, -0.2) is 4.98 Å². The molecule has 100 valence electrons. The summed E-state index contributed by atoms with van der Waals surface area (Å²) in [6, 6.07) is -0.665. The molecule has 3 N–H and O–H groups in total. The molecule has 1 aromatic heterocycles. The van der Waals surface area contributed by atoms with Crippen LogP contribution in [0, 0.1) is 0 Å². The summed E-state index contributed by atoms with van der Waals surface area (Å²) < 4.78 is 1.17. The molecule has 1 unspecified atom stereocenters. The average molecular weight is 273 g/mol. The fourth-order valence-electron chi connectivity index (χ4n) is 1.40. The molecule has 1 atom stereocenters. The Morgan fingerprint density at radius 2 is 2.33 bits per heavy atom. The monoisotopic (exact) mass is 272 g/mol. The summed E-state index contributed by atoms with van der Waals surface area (Å²) in [5.74, 6) is -0.242. The van der Waals surface area contributed by atoms with Crippen LogP contribution in [-0.4, -0.2) is 22.0 Å². The summed E-state index contributed by atoms with van der Waals surface area (Å²) in [7, 11) is 0. The number of nitrogens with zero attached hydrogens (tertiary/aromatic N) is 2. The summed E-state index contributed by atoms with van der Waals surface area (Å²) in [5.41, 5.74) is 4.83. The minimum absolute atomic E-state index is 0.0464. The Morgan fingerprint density at radius 3 is 2.94 bits per heavy atom. The van der Waals surface area contributed by atoms with E-state index in [1.807, 2.05) is 6.92 Å². The molecule has 1 rings (SSSR count). The molecule has 0 aliphatic heterocycles. The van der Waals surface area contributed by atoms with E-state index in [4.69, 9.17) is 17.3 Å². The Labute approximate surface area is 110 Å². The summed E-state index contributed by atoms with van der Waals surface area (Å²) in [6.07, 6.45) is 3.11. The predicted octanol–water partition coefficient (Wildman–Crippen LogP) is 0.956. The second-order valence-electron chi connectivity index (χ2n) is 3.98. The second kappa shape index (κ2) is 6.39. The van der Waals surface area contributed by atoms with Crippen LogP contribution in [0.1, 0.15) is 32.7 Å². The Kier molecular flexibility index (Phi) is 5.15. The minimum atomic E-state index is -0.665. The molecule has 0 saturated carbocycles. The predicted molar refractivity (Wildman–Crippen MR) is 70.5 cm³/mol. The highest BCUT2D eigenvalue weighted by Crippen LogP contribution is 2.11. The molecule has 0 radical (unpaired) electrons. The zero-order chi connectivity index (χ0) is 13.7. The lowest BCUT2D eigenvalue weighted by molar-refractivity contribution is -0.123. The number of rotatable bonds is 5. The number of nitrogen functional groups attached to an aromatic ring is 1. The molecule has 0 spiro atoms. The number of aromatic nitrogens is 2. The third-order valence-electron chi connectivity index (χ3n) is 2.61. The van der Waals surface area contributed by atoms with Crippen molar-refractivity contribution in [3.05, 3.63) is 21.8 Å². The molecule has 0 fully saturated rings. The van der Waals surface area contributed by atoms with Gasteiger partial charge < -0.3 is 11.1 Å². The van der Waals surface area contributed by atoms with Gasteiger partial charge in [-0.05, 0) is 13.3 Å². The third kappa shape index (κ3) is 3.22. The molecule has 7 heteroatoms. The number of nitrogens with two attached hydrogens (primary N) is 1. The standard InChI is InChI=1S/C11H17ClN4O2/c1-3-4-5-14-10(17)7(2)16-6-15-9(12)8(13)11(16)18/h6-7H,3-5,13H2,1-2H3,(H,14,17). The molecule has 1 amide bonds. The highest BCUT2D eigenvalue weighted by molar-refractivity contribution is 6.31. The summed E-state index contributed by atoms with van der Waals surface area (Å²) in [5, 5.41) is 2.70. The number of anilines is 1. The van der Waals surface area contributed by atoms with Gasteiger partial charge in [-0.2, -0.15) is 0 Å². The molecule has 1 heterocycles. The van der Waals surface area contributed by atoms with E-state index in [2.05, 4.69) is 10.3 Å². The fourth-order valence-corrected chi connectivity index (χ4v) is 1.52. The zero-order valence-electron chi connectivity index (χ0n) is 10.4. The number of hydrogen-bond donors (Lipinski definition) is 2. The zero-order valence-corrected chi connectivity index (χ0v) is 11.2. The Balaban J connectivity index is 2.84. The van der Waals surface area contributed by atoms with E-state index in [9.17, 15) is 9.59 Å². The number of hydrogen-bond acceptors (Lipinski definition) is 4. The van der Waals surface area contributed by atoms with Crippen LogP contribution in [0.4, 0.5) is 5.69 Å². The maximum atomic E-state index is 11.8. The van der Waals surface area contributed by atoms with Gasteiger partial charge in [-0.1, -0.05) is 24.9 Å². The average Bonchev–Trinajstić information content (AvgIpc) is 2.35. The normalized spacial score (nSPS) is 12.2. The first-order chi connectivity index (χ1) is 8.49. The van der Waals surface area contributed by atoms with E-state index in [0.29, 0.717) is 6.54 Å². The van der Waals surface area contributed by atoms with E-state index in [1.165, 1.54) is 10.9 Å². The van der Waals surface area contributed by atoms with Crippen molar-refractivity contribution in [2.75, 3.05) is 12.3 Å². The van der Waals surface area contributed by atoms with Gasteiger partial charge in [0, 0.05) is 6.54 Å². The first-order valence-electron chi connectivity index (χ1n) is 5.78. The maximum absolute atomic E-state index is 11.8. The fraction of sp³-hybridized carbons (Fsp3) is 0.545. The van der Waals surface area contributed by atoms with Gasteiger partial charge in [0.2, 0.25) is 5.91 Å². The number of nitrogens with one attached hydrogen (secondary N) is 1. The van der Waals surface area contributed by atoms with Crippen LogP contribution in [0.25, 0.3) is 0 Å². The first-order valence-corrected chi connectivity index (χ1v) is 6.16.